The van der Waals surface area contributed by atoms with E-state index in [9.17, 15) is 21.6 Å². The molecule has 0 bridgehead atoms. The maximum Gasteiger partial charge on any atom is 0.419 e. The minimum atomic E-state index is -4.50. The standard InChI is InChI=1S/C11H12ClF3O4S/c12-20(16,17)8-7-18-5-6-19-10-4-2-1-3-9(10)11(13,14)15/h1-4H,5-8H2. The van der Waals surface area contributed by atoms with Crippen LogP contribution in [0.1, 0.15) is 5.56 Å². The molecule has 0 saturated carbocycles. The van der Waals surface area contributed by atoms with Gasteiger partial charge >= 0.3 is 6.18 Å². The third kappa shape index (κ3) is 6.44. The summed E-state index contributed by atoms with van der Waals surface area (Å²) in [6.07, 6.45) is -4.50. The first-order valence-electron chi connectivity index (χ1n) is 5.49. The second kappa shape index (κ2) is 7.14. The molecule has 0 aromatic heterocycles. The lowest BCUT2D eigenvalue weighted by molar-refractivity contribution is -0.139. The number of ether oxygens (including phenoxy) is 2. The summed E-state index contributed by atoms with van der Waals surface area (Å²) in [5.41, 5.74) is -0.872. The summed E-state index contributed by atoms with van der Waals surface area (Å²) in [6, 6.07) is 4.80. The van der Waals surface area contributed by atoms with Crippen LogP contribution in [0, 0.1) is 0 Å². The summed E-state index contributed by atoms with van der Waals surface area (Å²) in [5, 5.41) is 0. The van der Waals surface area contributed by atoms with Gasteiger partial charge in [0.1, 0.15) is 12.4 Å². The number of benzene rings is 1. The van der Waals surface area contributed by atoms with Gasteiger partial charge in [0.05, 0.1) is 24.5 Å². The Morgan fingerprint density at radius 3 is 2.35 bits per heavy atom. The highest BCUT2D eigenvalue weighted by Crippen LogP contribution is 2.35. The van der Waals surface area contributed by atoms with Crippen LogP contribution in [0.3, 0.4) is 0 Å². The molecular weight excluding hydrogens is 321 g/mol. The zero-order valence-electron chi connectivity index (χ0n) is 10.2. The van der Waals surface area contributed by atoms with E-state index in [2.05, 4.69) is 0 Å². The molecule has 0 fully saturated rings. The Balaban J connectivity index is 2.40. The molecule has 1 aromatic rings. The molecule has 20 heavy (non-hydrogen) atoms. The van der Waals surface area contributed by atoms with Gasteiger partial charge in [-0.15, -0.1) is 0 Å². The first-order valence-corrected chi connectivity index (χ1v) is 7.97. The number of hydrogen-bond acceptors (Lipinski definition) is 4. The SMILES string of the molecule is O=S(=O)(Cl)CCOCCOc1ccccc1C(F)(F)F. The maximum atomic E-state index is 12.6. The van der Waals surface area contributed by atoms with Crippen molar-refractivity contribution in [3.05, 3.63) is 29.8 Å². The Bertz CT molecular complexity index is 531. The minimum absolute atomic E-state index is 0.0431. The predicted molar refractivity (Wildman–Crippen MR) is 67.4 cm³/mol. The molecule has 0 N–H and O–H groups in total. The van der Waals surface area contributed by atoms with E-state index in [4.69, 9.17) is 20.2 Å². The monoisotopic (exact) mass is 332 g/mol. The topological polar surface area (TPSA) is 52.6 Å². The van der Waals surface area contributed by atoms with Crippen LogP contribution in [-0.2, 0) is 20.0 Å². The van der Waals surface area contributed by atoms with Crippen molar-refractivity contribution in [2.45, 2.75) is 6.18 Å². The van der Waals surface area contributed by atoms with Gasteiger partial charge in [-0.1, -0.05) is 12.1 Å². The molecule has 1 rings (SSSR count). The second-order valence-corrected chi connectivity index (χ2v) is 6.59. The van der Waals surface area contributed by atoms with Gasteiger partial charge < -0.3 is 9.47 Å². The molecule has 0 saturated heterocycles. The van der Waals surface area contributed by atoms with E-state index in [1.807, 2.05) is 0 Å². The van der Waals surface area contributed by atoms with Crippen LogP contribution in [-0.4, -0.2) is 34.0 Å². The quantitative estimate of drug-likeness (QED) is 0.569. The highest BCUT2D eigenvalue weighted by atomic mass is 35.7. The van der Waals surface area contributed by atoms with Crippen molar-refractivity contribution in [2.75, 3.05) is 25.6 Å². The lowest BCUT2D eigenvalue weighted by Crippen LogP contribution is -2.14. The van der Waals surface area contributed by atoms with E-state index in [1.165, 1.54) is 18.2 Å². The summed E-state index contributed by atoms with van der Waals surface area (Å²) < 4.78 is 68.8. The summed E-state index contributed by atoms with van der Waals surface area (Å²) in [5.74, 6) is -0.665. The van der Waals surface area contributed by atoms with Crippen LogP contribution in [0.4, 0.5) is 13.2 Å². The van der Waals surface area contributed by atoms with Crippen LogP contribution in [0.5, 0.6) is 5.75 Å². The molecule has 0 heterocycles. The van der Waals surface area contributed by atoms with Crippen LogP contribution in [0.15, 0.2) is 24.3 Å². The molecule has 0 amide bonds. The average Bonchev–Trinajstić information content (AvgIpc) is 2.31. The Morgan fingerprint density at radius 1 is 1.10 bits per heavy atom. The third-order valence-corrected chi connectivity index (χ3v) is 3.27. The summed E-state index contributed by atoms with van der Waals surface area (Å²) in [6.45, 7) is -0.315. The van der Waals surface area contributed by atoms with Crippen LogP contribution >= 0.6 is 10.7 Å². The average molecular weight is 333 g/mol. The van der Waals surface area contributed by atoms with Gasteiger partial charge in [-0.3, -0.25) is 0 Å². The van der Waals surface area contributed by atoms with Crippen molar-refractivity contribution in [1.82, 2.24) is 0 Å². The van der Waals surface area contributed by atoms with Gasteiger partial charge in [-0.2, -0.15) is 13.2 Å². The molecule has 0 spiro atoms. The molecule has 4 nitrogen and oxygen atoms in total. The molecule has 0 aliphatic rings. The lowest BCUT2D eigenvalue weighted by atomic mass is 10.2. The van der Waals surface area contributed by atoms with Gasteiger partial charge in [0.25, 0.3) is 0 Å². The smallest absolute Gasteiger partial charge is 0.419 e. The van der Waals surface area contributed by atoms with Gasteiger partial charge in [-0.25, -0.2) is 8.42 Å². The molecule has 0 aliphatic carbocycles. The van der Waals surface area contributed by atoms with E-state index < -0.39 is 20.8 Å². The number of halogens is 4. The fourth-order valence-electron chi connectivity index (χ4n) is 1.30. The zero-order valence-corrected chi connectivity index (χ0v) is 11.8. The van der Waals surface area contributed by atoms with Crippen molar-refractivity contribution < 1.29 is 31.1 Å². The Hall–Kier alpha value is -0.990. The van der Waals surface area contributed by atoms with Crippen LogP contribution in [0.2, 0.25) is 0 Å². The zero-order chi connectivity index (χ0) is 15.2. The number of hydrogen-bond donors (Lipinski definition) is 0. The summed E-state index contributed by atoms with van der Waals surface area (Å²) in [7, 11) is 1.32. The molecule has 9 heteroatoms. The van der Waals surface area contributed by atoms with Gasteiger partial charge in [0, 0.05) is 10.7 Å². The second-order valence-electron chi connectivity index (χ2n) is 3.70. The van der Waals surface area contributed by atoms with Crippen molar-refractivity contribution >= 4 is 19.7 Å². The molecule has 0 unspecified atom stereocenters. The first kappa shape index (κ1) is 17.1. The fraction of sp³-hybridized carbons (Fsp3) is 0.455. The van der Waals surface area contributed by atoms with Gasteiger partial charge in [-0.05, 0) is 12.1 Å². The number of para-hydroxylation sites is 1. The fourth-order valence-corrected chi connectivity index (χ4v) is 1.80. The van der Waals surface area contributed by atoms with E-state index >= 15 is 0 Å². The first-order chi connectivity index (χ1) is 9.20. The lowest BCUT2D eigenvalue weighted by Gasteiger charge is -2.13. The molecule has 1 aromatic carbocycles. The largest absolute Gasteiger partial charge is 0.491 e. The van der Waals surface area contributed by atoms with E-state index in [-0.39, 0.29) is 31.3 Å². The molecule has 0 aliphatic heterocycles. The maximum absolute atomic E-state index is 12.6. The van der Waals surface area contributed by atoms with Crippen molar-refractivity contribution in [2.24, 2.45) is 0 Å². The molecule has 0 radical (unpaired) electrons. The van der Waals surface area contributed by atoms with Gasteiger partial charge in [0.2, 0.25) is 9.05 Å². The minimum Gasteiger partial charge on any atom is -0.491 e. The number of rotatable bonds is 7. The van der Waals surface area contributed by atoms with Crippen LogP contribution in [0.25, 0.3) is 0 Å². The molecule has 0 atom stereocenters. The summed E-state index contributed by atoms with van der Waals surface area (Å²) >= 11 is 0. The Kier molecular flexibility index (Phi) is 6.09. The van der Waals surface area contributed by atoms with Crippen molar-refractivity contribution in [3.63, 3.8) is 0 Å². The Morgan fingerprint density at radius 2 is 1.75 bits per heavy atom. The molecule has 114 valence electrons. The van der Waals surface area contributed by atoms with E-state index in [1.54, 1.807) is 0 Å². The van der Waals surface area contributed by atoms with Crippen LogP contribution < -0.4 is 4.74 Å². The van der Waals surface area contributed by atoms with Gasteiger partial charge in [0.15, 0.2) is 0 Å². The highest BCUT2D eigenvalue weighted by molar-refractivity contribution is 8.13. The van der Waals surface area contributed by atoms with Crippen molar-refractivity contribution in [3.8, 4) is 5.75 Å². The van der Waals surface area contributed by atoms with E-state index in [0.717, 1.165) is 6.07 Å². The van der Waals surface area contributed by atoms with E-state index in [0.29, 0.717) is 0 Å². The predicted octanol–water partition coefficient (Wildman–Crippen LogP) is 2.67. The summed E-state index contributed by atoms with van der Waals surface area (Å²) in [4.78, 5) is 0. The number of alkyl halides is 3. The normalized spacial score (nSPS) is 12.4. The molecular formula is C11H12ClF3O4S. The third-order valence-electron chi connectivity index (χ3n) is 2.15. The highest BCUT2D eigenvalue weighted by Gasteiger charge is 2.33. The Labute approximate surface area is 118 Å². The van der Waals surface area contributed by atoms with Crippen molar-refractivity contribution in [1.29, 1.82) is 0 Å².